The molecule has 0 heterocycles. The predicted molar refractivity (Wildman–Crippen MR) is 56.8 cm³/mol. The molecule has 0 radical (unpaired) electrons. The molecular formula is C10H9BrO4. The Kier molecular flexibility index (Phi) is 3.85. The van der Waals surface area contributed by atoms with Gasteiger partial charge in [-0.1, -0.05) is 6.07 Å². The number of para-hydroxylation sites is 1. The highest BCUT2D eigenvalue weighted by atomic mass is 79.9. The van der Waals surface area contributed by atoms with Crippen molar-refractivity contribution in [2.75, 3.05) is 0 Å². The van der Waals surface area contributed by atoms with Crippen LogP contribution in [0.4, 0.5) is 0 Å². The zero-order chi connectivity index (χ0) is 11.4. The minimum absolute atomic E-state index is 0.209. The topological polar surface area (TPSA) is 52.6 Å². The number of hydrogen-bond donors (Lipinski definition) is 0. The van der Waals surface area contributed by atoms with Gasteiger partial charge >= 0.3 is 11.9 Å². The highest BCUT2D eigenvalue weighted by Crippen LogP contribution is 2.35. The van der Waals surface area contributed by atoms with E-state index in [1.54, 1.807) is 18.2 Å². The van der Waals surface area contributed by atoms with Crippen LogP contribution in [0.15, 0.2) is 22.7 Å². The second-order valence-electron chi connectivity index (χ2n) is 2.75. The molecule has 1 aromatic rings. The van der Waals surface area contributed by atoms with Crippen molar-refractivity contribution in [1.29, 1.82) is 0 Å². The zero-order valence-corrected chi connectivity index (χ0v) is 9.83. The molecule has 0 saturated heterocycles. The van der Waals surface area contributed by atoms with Crippen molar-refractivity contribution in [3.8, 4) is 11.5 Å². The molecule has 0 aliphatic heterocycles. The third-order valence-electron chi connectivity index (χ3n) is 1.43. The fourth-order valence-corrected chi connectivity index (χ4v) is 1.40. The molecule has 0 fully saturated rings. The van der Waals surface area contributed by atoms with Crippen molar-refractivity contribution in [3.05, 3.63) is 22.7 Å². The maximum absolute atomic E-state index is 10.8. The van der Waals surface area contributed by atoms with Gasteiger partial charge in [-0.3, -0.25) is 9.59 Å². The molecule has 4 nitrogen and oxygen atoms in total. The van der Waals surface area contributed by atoms with Gasteiger partial charge in [-0.2, -0.15) is 0 Å². The Balaban J connectivity index is 3.08. The number of esters is 2. The smallest absolute Gasteiger partial charge is 0.308 e. The maximum atomic E-state index is 10.8. The lowest BCUT2D eigenvalue weighted by Crippen LogP contribution is -2.07. The first kappa shape index (κ1) is 11.7. The van der Waals surface area contributed by atoms with Crippen LogP contribution in [0, 0.1) is 0 Å². The Hall–Kier alpha value is -1.36. The number of halogens is 1. The molecule has 0 N–H and O–H groups in total. The summed E-state index contributed by atoms with van der Waals surface area (Å²) in [5.74, 6) is -0.524. The summed E-state index contributed by atoms with van der Waals surface area (Å²) in [6.07, 6.45) is 0. The van der Waals surface area contributed by atoms with Gasteiger partial charge in [0.05, 0.1) is 4.47 Å². The van der Waals surface area contributed by atoms with Crippen molar-refractivity contribution in [3.63, 3.8) is 0 Å². The van der Waals surface area contributed by atoms with E-state index in [-0.39, 0.29) is 11.5 Å². The Labute approximate surface area is 95.3 Å². The van der Waals surface area contributed by atoms with Crippen molar-refractivity contribution >= 4 is 27.9 Å². The molecule has 0 spiro atoms. The second-order valence-corrected chi connectivity index (χ2v) is 3.61. The van der Waals surface area contributed by atoms with Crippen LogP contribution in [-0.2, 0) is 9.59 Å². The molecule has 0 bridgehead atoms. The van der Waals surface area contributed by atoms with Gasteiger partial charge in [0.2, 0.25) is 0 Å². The first-order chi connectivity index (χ1) is 7.00. The summed E-state index contributed by atoms with van der Waals surface area (Å²) in [4.78, 5) is 21.6. The molecule has 0 saturated carbocycles. The summed E-state index contributed by atoms with van der Waals surface area (Å²) in [6.45, 7) is 2.55. The second kappa shape index (κ2) is 4.93. The summed E-state index contributed by atoms with van der Waals surface area (Å²) in [5, 5.41) is 0. The highest BCUT2D eigenvalue weighted by molar-refractivity contribution is 9.10. The molecule has 0 aromatic heterocycles. The third-order valence-corrected chi connectivity index (χ3v) is 2.05. The molecule has 80 valence electrons. The fourth-order valence-electron chi connectivity index (χ4n) is 0.967. The largest absolute Gasteiger partial charge is 0.423 e. The zero-order valence-electron chi connectivity index (χ0n) is 8.24. The van der Waals surface area contributed by atoms with Crippen LogP contribution in [0.3, 0.4) is 0 Å². The van der Waals surface area contributed by atoms with Crippen molar-refractivity contribution in [2.24, 2.45) is 0 Å². The Morgan fingerprint density at radius 3 is 2.27 bits per heavy atom. The van der Waals surface area contributed by atoms with Crippen molar-refractivity contribution in [1.82, 2.24) is 0 Å². The van der Waals surface area contributed by atoms with Gasteiger partial charge in [0.15, 0.2) is 11.5 Å². The van der Waals surface area contributed by atoms with Gasteiger partial charge in [0, 0.05) is 13.8 Å². The summed E-state index contributed by atoms with van der Waals surface area (Å²) < 4.78 is 10.3. The lowest BCUT2D eigenvalue weighted by atomic mass is 10.3. The van der Waals surface area contributed by atoms with Crippen LogP contribution in [0.25, 0.3) is 0 Å². The Bertz CT molecular complexity index is 400. The van der Waals surface area contributed by atoms with E-state index in [0.29, 0.717) is 4.47 Å². The monoisotopic (exact) mass is 272 g/mol. The van der Waals surface area contributed by atoms with Gasteiger partial charge in [-0.15, -0.1) is 0 Å². The van der Waals surface area contributed by atoms with E-state index in [4.69, 9.17) is 9.47 Å². The van der Waals surface area contributed by atoms with E-state index in [1.807, 2.05) is 0 Å². The van der Waals surface area contributed by atoms with E-state index in [0.717, 1.165) is 0 Å². The molecule has 0 unspecified atom stereocenters. The van der Waals surface area contributed by atoms with Gasteiger partial charge < -0.3 is 9.47 Å². The number of hydrogen-bond acceptors (Lipinski definition) is 4. The van der Waals surface area contributed by atoms with Crippen molar-refractivity contribution in [2.45, 2.75) is 13.8 Å². The highest BCUT2D eigenvalue weighted by Gasteiger charge is 2.12. The van der Waals surface area contributed by atoms with Crippen LogP contribution in [0.2, 0.25) is 0 Å². The Morgan fingerprint density at radius 2 is 1.73 bits per heavy atom. The predicted octanol–water partition coefficient (Wildman–Crippen LogP) is 2.30. The summed E-state index contributed by atoms with van der Waals surface area (Å²) in [5.41, 5.74) is 0. The quantitative estimate of drug-likeness (QED) is 0.612. The summed E-state index contributed by atoms with van der Waals surface area (Å²) >= 11 is 3.20. The standard InChI is InChI=1S/C10H9BrO4/c1-6(12)14-9-5-3-4-8(11)10(9)15-7(2)13/h3-5H,1-2H3. The molecule has 0 aliphatic rings. The van der Waals surface area contributed by atoms with Crippen LogP contribution in [0.1, 0.15) is 13.8 Å². The lowest BCUT2D eigenvalue weighted by Gasteiger charge is -2.09. The summed E-state index contributed by atoms with van der Waals surface area (Å²) in [6, 6.07) is 4.91. The minimum atomic E-state index is -0.477. The molecule has 0 amide bonds. The van der Waals surface area contributed by atoms with Gasteiger partial charge in [-0.25, -0.2) is 0 Å². The van der Waals surface area contributed by atoms with Gasteiger partial charge in [0.1, 0.15) is 0 Å². The van der Waals surface area contributed by atoms with E-state index >= 15 is 0 Å². The van der Waals surface area contributed by atoms with Crippen LogP contribution in [-0.4, -0.2) is 11.9 Å². The van der Waals surface area contributed by atoms with Crippen molar-refractivity contribution < 1.29 is 19.1 Å². The van der Waals surface area contributed by atoms with E-state index in [2.05, 4.69) is 15.9 Å². The van der Waals surface area contributed by atoms with Gasteiger partial charge in [0.25, 0.3) is 0 Å². The number of carbonyl (C=O) groups is 2. The SMILES string of the molecule is CC(=O)Oc1cccc(Br)c1OC(C)=O. The molecule has 5 heteroatoms. The van der Waals surface area contributed by atoms with E-state index < -0.39 is 11.9 Å². The molecule has 0 atom stereocenters. The first-order valence-corrected chi connectivity index (χ1v) is 4.95. The van der Waals surface area contributed by atoms with Gasteiger partial charge in [-0.05, 0) is 28.1 Å². The Morgan fingerprint density at radius 1 is 1.13 bits per heavy atom. The first-order valence-electron chi connectivity index (χ1n) is 4.16. The number of rotatable bonds is 2. The molecular weight excluding hydrogens is 264 g/mol. The van der Waals surface area contributed by atoms with E-state index in [1.165, 1.54) is 13.8 Å². The third kappa shape index (κ3) is 3.36. The number of ether oxygens (including phenoxy) is 2. The van der Waals surface area contributed by atoms with Crippen LogP contribution >= 0.6 is 15.9 Å². The maximum Gasteiger partial charge on any atom is 0.308 e. The molecule has 15 heavy (non-hydrogen) atoms. The molecule has 0 aliphatic carbocycles. The van der Waals surface area contributed by atoms with E-state index in [9.17, 15) is 9.59 Å². The molecule has 1 rings (SSSR count). The number of benzene rings is 1. The average molecular weight is 273 g/mol. The summed E-state index contributed by atoms with van der Waals surface area (Å²) in [7, 11) is 0. The van der Waals surface area contributed by atoms with Crippen LogP contribution < -0.4 is 9.47 Å². The molecule has 1 aromatic carbocycles. The normalized spacial score (nSPS) is 9.53. The van der Waals surface area contributed by atoms with Crippen LogP contribution in [0.5, 0.6) is 11.5 Å². The minimum Gasteiger partial charge on any atom is -0.423 e. The average Bonchev–Trinajstić information content (AvgIpc) is 2.09. The fraction of sp³-hybridized carbons (Fsp3) is 0.200. The lowest BCUT2D eigenvalue weighted by molar-refractivity contribution is -0.134. The number of carbonyl (C=O) groups excluding carboxylic acids is 2.